The summed E-state index contributed by atoms with van der Waals surface area (Å²) in [6, 6.07) is 14.2. The topological polar surface area (TPSA) is 15.8 Å². The van der Waals surface area contributed by atoms with Crippen LogP contribution in [0.5, 0.6) is 0 Å². The average Bonchev–Trinajstić information content (AvgIpc) is 2.83. The van der Waals surface area contributed by atoms with Gasteiger partial charge in [0.15, 0.2) is 0 Å². The molecule has 2 aromatic carbocycles. The number of aromatic amines is 1. The highest BCUT2D eigenvalue weighted by atomic mass is 79.9. The van der Waals surface area contributed by atoms with Crippen LogP contribution < -0.4 is 0 Å². The van der Waals surface area contributed by atoms with Crippen molar-refractivity contribution < 1.29 is 8.78 Å². The number of fused-ring (bicyclic) bond motifs is 1. The lowest BCUT2D eigenvalue weighted by Gasteiger charge is -2.05. The largest absolute Gasteiger partial charge is 0.361 e. The molecule has 0 atom stereocenters. The van der Waals surface area contributed by atoms with Gasteiger partial charge in [0.25, 0.3) is 6.08 Å². The molecule has 3 aromatic rings. The third-order valence-corrected chi connectivity index (χ3v) is 3.66. The Morgan fingerprint density at radius 1 is 1.00 bits per heavy atom. The van der Waals surface area contributed by atoms with Crippen molar-refractivity contribution in [3.05, 3.63) is 76.4 Å². The maximum Gasteiger partial charge on any atom is 0.278 e. The van der Waals surface area contributed by atoms with Crippen molar-refractivity contribution in [1.29, 1.82) is 0 Å². The second-order valence-corrected chi connectivity index (χ2v) is 5.31. The highest BCUT2D eigenvalue weighted by Gasteiger charge is 2.16. The molecule has 3 rings (SSSR count). The number of aromatic nitrogens is 1. The van der Waals surface area contributed by atoms with Gasteiger partial charge in [0.1, 0.15) is 0 Å². The molecule has 1 heterocycles. The zero-order valence-corrected chi connectivity index (χ0v) is 11.9. The van der Waals surface area contributed by atoms with Gasteiger partial charge >= 0.3 is 0 Å². The van der Waals surface area contributed by atoms with Crippen LogP contribution in [-0.2, 0) is 0 Å². The molecule has 4 heteroatoms. The van der Waals surface area contributed by atoms with Gasteiger partial charge in [-0.25, -0.2) is 0 Å². The van der Waals surface area contributed by atoms with E-state index in [1.807, 2.05) is 24.3 Å². The number of hydrogen-bond acceptors (Lipinski definition) is 0. The first-order chi connectivity index (χ1) is 9.66. The second kappa shape index (κ2) is 5.21. The lowest BCUT2D eigenvalue weighted by molar-refractivity contribution is 0.426. The summed E-state index contributed by atoms with van der Waals surface area (Å²) in [6.07, 6.45) is -0.0569. The van der Waals surface area contributed by atoms with Crippen LogP contribution >= 0.6 is 15.9 Å². The third-order valence-electron chi connectivity index (χ3n) is 3.16. The van der Waals surface area contributed by atoms with E-state index in [9.17, 15) is 8.78 Å². The van der Waals surface area contributed by atoms with Crippen LogP contribution in [0.4, 0.5) is 8.78 Å². The molecule has 1 aromatic heterocycles. The summed E-state index contributed by atoms with van der Waals surface area (Å²) in [4.78, 5) is 3.04. The van der Waals surface area contributed by atoms with Crippen LogP contribution in [0.15, 0.2) is 65.3 Å². The van der Waals surface area contributed by atoms with Crippen molar-refractivity contribution in [2.45, 2.75) is 0 Å². The molecular weight excluding hydrogens is 324 g/mol. The van der Waals surface area contributed by atoms with E-state index in [4.69, 9.17) is 0 Å². The number of rotatable bonds is 2. The lowest BCUT2D eigenvalue weighted by atomic mass is 9.99. The molecule has 0 amide bonds. The van der Waals surface area contributed by atoms with E-state index >= 15 is 0 Å². The molecule has 0 radical (unpaired) electrons. The second-order valence-electron chi connectivity index (χ2n) is 4.39. The van der Waals surface area contributed by atoms with Gasteiger partial charge < -0.3 is 4.98 Å². The molecule has 0 aliphatic carbocycles. The molecule has 0 bridgehead atoms. The Hall–Kier alpha value is -1.94. The number of H-pyrrole nitrogens is 1. The van der Waals surface area contributed by atoms with Crippen LogP contribution in [0.25, 0.3) is 16.5 Å². The Morgan fingerprint density at radius 3 is 2.45 bits per heavy atom. The van der Waals surface area contributed by atoms with E-state index in [-0.39, 0.29) is 5.57 Å². The predicted octanol–water partition coefficient (Wildman–Crippen LogP) is 5.59. The van der Waals surface area contributed by atoms with Crippen LogP contribution in [0, 0.1) is 0 Å². The van der Waals surface area contributed by atoms with E-state index in [1.165, 1.54) is 0 Å². The first-order valence-electron chi connectivity index (χ1n) is 6.04. The van der Waals surface area contributed by atoms with Crippen LogP contribution in [0.3, 0.4) is 0 Å². The van der Waals surface area contributed by atoms with E-state index in [2.05, 4.69) is 20.9 Å². The summed E-state index contributed by atoms with van der Waals surface area (Å²) in [5, 5.41) is 0.778. The quantitative estimate of drug-likeness (QED) is 0.629. The molecule has 0 spiro atoms. The summed E-state index contributed by atoms with van der Waals surface area (Å²) < 4.78 is 27.7. The molecule has 0 saturated carbocycles. The average molecular weight is 334 g/mol. The minimum Gasteiger partial charge on any atom is -0.361 e. The summed E-state index contributed by atoms with van der Waals surface area (Å²) in [7, 11) is 0. The van der Waals surface area contributed by atoms with E-state index in [1.54, 1.807) is 30.5 Å². The lowest BCUT2D eigenvalue weighted by Crippen LogP contribution is -1.88. The summed E-state index contributed by atoms with van der Waals surface area (Å²) in [6.45, 7) is 0. The Morgan fingerprint density at radius 2 is 1.75 bits per heavy atom. The molecular formula is C16H10BrF2N. The van der Waals surface area contributed by atoms with Crippen molar-refractivity contribution in [3.63, 3.8) is 0 Å². The highest BCUT2D eigenvalue weighted by molar-refractivity contribution is 9.10. The van der Waals surface area contributed by atoms with Crippen molar-refractivity contribution in [2.75, 3.05) is 0 Å². The summed E-state index contributed by atoms with van der Waals surface area (Å²) >= 11 is 3.37. The van der Waals surface area contributed by atoms with Gasteiger partial charge in [-0.1, -0.05) is 52.3 Å². The molecule has 0 fully saturated rings. The SMILES string of the molecule is FC(F)=C(c1ccccc1)c1c[nH]c2cc(Br)ccc12. The third kappa shape index (κ3) is 2.27. The Labute approximate surface area is 123 Å². The fraction of sp³-hybridized carbons (Fsp3) is 0. The van der Waals surface area contributed by atoms with Crippen LogP contribution in [0.2, 0.25) is 0 Å². The molecule has 20 heavy (non-hydrogen) atoms. The zero-order valence-electron chi connectivity index (χ0n) is 10.3. The van der Waals surface area contributed by atoms with E-state index < -0.39 is 6.08 Å². The Bertz CT molecular complexity index is 787. The zero-order chi connectivity index (χ0) is 14.1. The number of hydrogen-bond donors (Lipinski definition) is 1. The minimum absolute atomic E-state index is 0.0285. The van der Waals surface area contributed by atoms with Crippen molar-refractivity contribution >= 4 is 32.4 Å². The van der Waals surface area contributed by atoms with Gasteiger partial charge in [0, 0.05) is 27.1 Å². The van der Waals surface area contributed by atoms with Gasteiger partial charge in [-0.15, -0.1) is 0 Å². The molecule has 0 aliphatic rings. The van der Waals surface area contributed by atoms with Gasteiger partial charge in [-0.05, 0) is 17.7 Å². The number of halogens is 3. The molecule has 0 saturated heterocycles. The number of nitrogens with one attached hydrogen (secondary N) is 1. The van der Waals surface area contributed by atoms with Crippen molar-refractivity contribution in [1.82, 2.24) is 4.98 Å². The Balaban J connectivity index is 2.25. The molecule has 1 nitrogen and oxygen atoms in total. The number of benzene rings is 2. The fourth-order valence-electron chi connectivity index (χ4n) is 2.28. The van der Waals surface area contributed by atoms with Gasteiger partial charge in [-0.3, -0.25) is 0 Å². The van der Waals surface area contributed by atoms with Crippen molar-refractivity contribution in [2.24, 2.45) is 0 Å². The first-order valence-corrected chi connectivity index (χ1v) is 6.84. The molecule has 1 N–H and O–H groups in total. The highest BCUT2D eigenvalue weighted by Crippen LogP contribution is 2.34. The Kier molecular flexibility index (Phi) is 3.40. The molecule has 100 valence electrons. The summed E-state index contributed by atoms with van der Waals surface area (Å²) in [5.41, 5.74) is 1.82. The first kappa shape index (κ1) is 13.1. The van der Waals surface area contributed by atoms with Gasteiger partial charge in [-0.2, -0.15) is 8.78 Å². The van der Waals surface area contributed by atoms with E-state index in [0.717, 1.165) is 15.4 Å². The fourth-order valence-corrected chi connectivity index (χ4v) is 2.64. The molecule has 0 aliphatic heterocycles. The maximum atomic E-state index is 13.4. The van der Waals surface area contributed by atoms with Crippen molar-refractivity contribution in [3.8, 4) is 0 Å². The van der Waals surface area contributed by atoms with Crippen LogP contribution in [-0.4, -0.2) is 4.98 Å². The standard InChI is InChI=1S/C16H10BrF2N/c17-11-6-7-12-13(9-20-14(12)8-11)15(16(18)19)10-4-2-1-3-5-10/h1-9,20H. The maximum absolute atomic E-state index is 13.4. The van der Waals surface area contributed by atoms with E-state index in [0.29, 0.717) is 11.1 Å². The smallest absolute Gasteiger partial charge is 0.278 e. The minimum atomic E-state index is -1.68. The van der Waals surface area contributed by atoms with Gasteiger partial charge in [0.05, 0.1) is 5.57 Å². The normalized spacial score (nSPS) is 10.8. The van der Waals surface area contributed by atoms with Crippen LogP contribution in [0.1, 0.15) is 11.1 Å². The monoisotopic (exact) mass is 333 g/mol. The predicted molar refractivity (Wildman–Crippen MR) is 80.7 cm³/mol. The molecule has 0 unspecified atom stereocenters. The van der Waals surface area contributed by atoms with Gasteiger partial charge in [0.2, 0.25) is 0 Å². The summed E-state index contributed by atoms with van der Waals surface area (Å²) in [5.74, 6) is 0.